The van der Waals surface area contributed by atoms with Crippen molar-refractivity contribution in [2.75, 3.05) is 0 Å². The molecule has 4 rings (SSSR count). The number of rotatable bonds is 2. The molecule has 124 valence electrons. The number of halogens is 3. The first-order valence-electron chi connectivity index (χ1n) is 7.57. The van der Waals surface area contributed by atoms with Crippen LogP contribution in [0, 0.1) is 0 Å². The molecule has 0 atom stereocenters. The molecule has 25 heavy (non-hydrogen) atoms. The minimum atomic E-state index is -4.36. The first-order chi connectivity index (χ1) is 12.0. The second kappa shape index (κ2) is 5.73. The number of pyridine rings is 2. The van der Waals surface area contributed by atoms with Crippen molar-refractivity contribution in [1.29, 1.82) is 0 Å². The zero-order valence-electron chi connectivity index (χ0n) is 12.9. The van der Waals surface area contributed by atoms with Gasteiger partial charge >= 0.3 is 6.18 Å². The van der Waals surface area contributed by atoms with E-state index in [1.807, 2.05) is 18.2 Å². The summed E-state index contributed by atoms with van der Waals surface area (Å²) in [7, 11) is 0. The number of hydrogen-bond donors (Lipinski definition) is 1. The summed E-state index contributed by atoms with van der Waals surface area (Å²) >= 11 is 0. The van der Waals surface area contributed by atoms with Crippen molar-refractivity contribution in [3.05, 3.63) is 72.8 Å². The van der Waals surface area contributed by atoms with E-state index in [0.717, 1.165) is 34.5 Å². The summed E-state index contributed by atoms with van der Waals surface area (Å²) in [5, 5.41) is 0.513. The van der Waals surface area contributed by atoms with E-state index >= 15 is 0 Å². The molecular weight excluding hydrogens is 327 g/mol. The lowest BCUT2D eigenvalue weighted by molar-refractivity contribution is -0.137. The number of nitrogens with zero attached hydrogens (tertiary/aromatic N) is 2. The van der Waals surface area contributed by atoms with E-state index in [1.165, 1.54) is 6.07 Å². The van der Waals surface area contributed by atoms with Gasteiger partial charge < -0.3 is 4.98 Å². The molecule has 0 aliphatic rings. The van der Waals surface area contributed by atoms with Crippen molar-refractivity contribution < 1.29 is 13.2 Å². The molecule has 0 amide bonds. The van der Waals surface area contributed by atoms with E-state index in [2.05, 4.69) is 15.0 Å². The summed E-state index contributed by atoms with van der Waals surface area (Å²) in [4.78, 5) is 11.5. The van der Waals surface area contributed by atoms with Gasteiger partial charge in [-0.3, -0.25) is 9.97 Å². The van der Waals surface area contributed by atoms with Gasteiger partial charge in [0.1, 0.15) is 0 Å². The van der Waals surface area contributed by atoms with E-state index < -0.39 is 11.7 Å². The molecule has 1 aromatic carbocycles. The van der Waals surface area contributed by atoms with E-state index in [4.69, 9.17) is 0 Å². The molecule has 0 fully saturated rings. The average Bonchev–Trinajstić information content (AvgIpc) is 3.05. The lowest BCUT2D eigenvalue weighted by atomic mass is 10.0. The van der Waals surface area contributed by atoms with Crippen LogP contribution in [-0.2, 0) is 6.18 Å². The number of alkyl halides is 3. The Kier molecular flexibility index (Phi) is 3.53. The average molecular weight is 339 g/mol. The zero-order valence-corrected chi connectivity index (χ0v) is 12.9. The molecule has 3 aromatic heterocycles. The van der Waals surface area contributed by atoms with Gasteiger partial charge in [0.05, 0.1) is 5.56 Å². The highest BCUT2D eigenvalue weighted by Crippen LogP contribution is 2.35. The highest BCUT2D eigenvalue weighted by Gasteiger charge is 2.30. The van der Waals surface area contributed by atoms with Crippen LogP contribution in [0.25, 0.3) is 33.3 Å². The van der Waals surface area contributed by atoms with Gasteiger partial charge in [-0.25, -0.2) is 0 Å². The number of nitrogens with one attached hydrogen (secondary N) is 1. The summed E-state index contributed by atoms with van der Waals surface area (Å²) < 4.78 is 38.7. The minimum Gasteiger partial charge on any atom is -0.355 e. The summed E-state index contributed by atoms with van der Waals surface area (Å²) in [6.45, 7) is 0. The zero-order chi connectivity index (χ0) is 17.4. The largest absolute Gasteiger partial charge is 0.416 e. The molecule has 3 nitrogen and oxygen atoms in total. The van der Waals surface area contributed by atoms with Gasteiger partial charge in [0, 0.05) is 58.1 Å². The molecular formula is C19H12F3N3. The standard InChI is InChI=1S/C19H12F3N3/c20-19(21,22)14-3-4-17-13(8-14)9-18(25-17)15-5-7-24-11-16(15)12-2-1-6-23-10-12/h1-11,25H. The van der Waals surface area contributed by atoms with Gasteiger partial charge in [0.2, 0.25) is 0 Å². The molecule has 0 unspecified atom stereocenters. The third kappa shape index (κ3) is 2.87. The Hall–Kier alpha value is -3.15. The first-order valence-corrected chi connectivity index (χ1v) is 7.57. The van der Waals surface area contributed by atoms with E-state index in [1.54, 1.807) is 30.9 Å². The summed E-state index contributed by atoms with van der Waals surface area (Å²) in [6.07, 6.45) is 2.43. The smallest absolute Gasteiger partial charge is 0.355 e. The number of fused-ring (bicyclic) bond motifs is 1. The summed E-state index contributed by atoms with van der Waals surface area (Å²) in [5.74, 6) is 0. The highest BCUT2D eigenvalue weighted by atomic mass is 19.4. The maximum Gasteiger partial charge on any atom is 0.416 e. The van der Waals surface area contributed by atoms with Crippen molar-refractivity contribution in [2.24, 2.45) is 0 Å². The number of H-pyrrole nitrogens is 1. The molecule has 0 saturated heterocycles. The summed E-state index contributed by atoms with van der Waals surface area (Å²) in [6, 6.07) is 11.0. The van der Waals surface area contributed by atoms with Gasteiger partial charge in [-0.15, -0.1) is 0 Å². The Balaban J connectivity index is 1.86. The van der Waals surface area contributed by atoms with Crippen LogP contribution in [0.15, 0.2) is 67.3 Å². The predicted octanol–water partition coefficient (Wildman–Crippen LogP) is 5.31. The molecule has 0 bridgehead atoms. The fraction of sp³-hybridized carbons (Fsp3) is 0.0526. The Bertz CT molecular complexity index is 1040. The predicted molar refractivity (Wildman–Crippen MR) is 89.8 cm³/mol. The lowest BCUT2D eigenvalue weighted by Crippen LogP contribution is -2.03. The van der Waals surface area contributed by atoms with Crippen LogP contribution in [0.5, 0.6) is 0 Å². The van der Waals surface area contributed by atoms with Gasteiger partial charge in [-0.05, 0) is 36.4 Å². The van der Waals surface area contributed by atoms with E-state index in [-0.39, 0.29) is 0 Å². The third-order valence-corrected chi connectivity index (χ3v) is 4.03. The lowest BCUT2D eigenvalue weighted by Gasteiger charge is -2.07. The summed E-state index contributed by atoms with van der Waals surface area (Å²) in [5.41, 5.74) is 3.33. The molecule has 6 heteroatoms. The molecule has 3 heterocycles. The van der Waals surface area contributed by atoms with Gasteiger partial charge in [0.25, 0.3) is 0 Å². The van der Waals surface area contributed by atoms with Crippen molar-refractivity contribution in [1.82, 2.24) is 15.0 Å². The van der Waals surface area contributed by atoms with E-state index in [0.29, 0.717) is 10.9 Å². The molecule has 0 aliphatic carbocycles. The quantitative estimate of drug-likeness (QED) is 0.538. The van der Waals surface area contributed by atoms with Crippen molar-refractivity contribution in [2.45, 2.75) is 6.18 Å². The molecule has 4 aromatic rings. The van der Waals surface area contributed by atoms with Crippen LogP contribution in [-0.4, -0.2) is 15.0 Å². The van der Waals surface area contributed by atoms with Crippen molar-refractivity contribution >= 4 is 10.9 Å². The Morgan fingerprint density at radius 1 is 0.840 bits per heavy atom. The Morgan fingerprint density at radius 2 is 1.68 bits per heavy atom. The van der Waals surface area contributed by atoms with Crippen LogP contribution < -0.4 is 0 Å². The fourth-order valence-corrected chi connectivity index (χ4v) is 2.84. The van der Waals surface area contributed by atoms with E-state index in [9.17, 15) is 13.2 Å². The van der Waals surface area contributed by atoms with Crippen LogP contribution in [0.3, 0.4) is 0 Å². The van der Waals surface area contributed by atoms with Crippen LogP contribution >= 0.6 is 0 Å². The Labute approximate surface area is 141 Å². The SMILES string of the molecule is FC(F)(F)c1ccc2[nH]c(-c3ccncc3-c3cccnc3)cc2c1. The second-order valence-electron chi connectivity index (χ2n) is 5.65. The van der Waals surface area contributed by atoms with Crippen molar-refractivity contribution in [3.8, 4) is 22.4 Å². The maximum absolute atomic E-state index is 12.9. The molecule has 0 saturated carbocycles. The second-order valence-corrected chi connectivity index (χ2v) is 5.65. The maximum atomic E-state index is 12.9. The normalized spacial score (nSPS) is 11.8. The first kappa shape index (κ1) is 15.4. The van der Waals surface area contributed by atoms with Crippen LogP contribution in [0.1, 0.15) is 5.56 Å². The monoisotopic (exact) mass is 339 g/mol. The van der Waals surface area contributed by atoms with Crippen molar-refractivity contribution in [3.63, 3.8) is 0 Å². The van der Waals surface area contributed by atoms with Gasteiger partial charge in [-0.1, -0.05) is 6.07 Å². The highest BCUT2D eigenvalue weighted by molar-refractivity contribution is 5.90. The molecule has 0 aliphatic heterocycles. The molecule has 0 spiro atoms. The third-order valence-electron chi connectivity index (χ3n) is 4.03. The fourth-order valence-electron chi connectivity index (χ4n) is 2.84. The Morgan fingerprint density at radius 3 is 2.44 bits per heavy atom. The minimum absolute atomic E-state index is 0.513. The molecule has 0 radical (unpaired) electrons. The van der Waals surface area contributed by atoms with Gasteiger partial charge in [-0.2, -0.15) is 13.2 Å². The van der Waals surface area contributed by atoms with Crippen LogP contribution in [0.2, 0.25) is 0 Å². The number of benzene rings is 1. The van der Waals surface area contributed by atoms with Crippen LogP contribution in [0.4, 0.5) is 13.2 Å². The topological polar surface area (TPSA) is 41.6 Å². The molecule has 1 N–H and O–H groups in total. The van der Waals surface area contributed by atoms with Gasteiger partial charge in [0.15, 0.2) is 0 Å². The number of hydrogen-bond acceptors (Lipinski definition) is 2. The number of aromatic nitrogens is 3. The number of aromatic amines is 1.